The molecule has 2 fully saturated rings. The van der Waals surface area contributed by atoms with Gasteiger partial charge in [0.2, 0.25) is 0 Å². The summed E-state index contributed by atoms with van der Waals surface area (Å²) in [7, 11) is 4.35. The Morgan fingerprint density at radius 3 is 1.24 bits per heavy atom. The summed E-state index contributed by atoms with van der Waals surface area (Å²) in [4.78, 5) is 32.6. The van der Waals surface area contributed by atoms with Gasteiger partial charge in [-0.15, -0.1) is 0 Å². The molecule has 3 rings (SSSR count). The molecule has 1 aromatic rings. The molecule has 0 radical (unpaired) electrons. The smallest absolute Gasteiger partial charge is 0.322 e. The number of piperidine rings is 2. The van der Waals surface area contributed by atoms with Crippen LogP contribution in [-0.4, -0.2) is 73.3 Å². The molecule has 0 unspecified atom stereocenters. The van der Waals surface area contributed by atoms with E-state index in [0.717, 1.165) is 42.4 Å². The van der Waals surface area contributed by atoms with Gasteiger partial charge in [-0.2, -0.15) is 0 Å². The van der Waals surface area contributed by atoms with Crippen LogP contribution < -0.4 is 0 Å². The molecule has 2 heterocycles. The number of aromatic hydroxyl groups is 1. The highest BCUT2D eigenvalue weighted by Gasteiger charge is 2.71. The number of carboxylic acid groups (broad SMARTS) is 2. The van der Waals surface area contributed by atoms with Crippen molar-refractivity contribution in [3.05, 3.63) is 28.8 Å². The number of carboxylic acids is 2. The third-order valence-electron chi connectivity index (χ3n) is 13.6. The molecule has 0 bridgehead atoms. The zero-order valence-corrected chi connectivity index (χ0v) is 34.3. The Hall–Kier alpha value is -2.12. The average Bonchev–Trinajstić information content (AvgIpc) is 2.90. The minimum Gasteiger partial charge on any atom is -0.507 e. The van der Waals surface area contributed by atoms with Crippen LogP contribution in [0.15, 0.2) is 12.1 Å². The molecule has 1 aromatic carbocycles. The first-order valence-corrected chi connectivity index (χ1v) is 18.7. The number of unbranched alkanes of at least 4 members (excludes halogenated alkanes) is 1. The summed E-state index contributed by atoms with van der Waals surface area (Å²) < 4.78 is 0. The van der Waals surface area contributed by atoms with Gasteiger partial charge in [-0.3, -0.25) is 19.4 Å². The van der Waals surface area contributed by atoms with E-state index in [1.807, 2.05) is 48.5 Å². The fourth-order valence-electron chi connectivity index (χ4n) is 11.5. The third-order valence-corrected chi connectivity index (χ3v) is 13.6. The van der Waals surface area contributed by atoms with Crippen LogP contribution in [0.3, 0.4) is 0 Å². The first-order chi connectivity index (χ1) is 21.9. The van der Waals surface area contributed by atoms with Gasteiger partial charge < -0.3 is 15.3 Å². The molecular weight excluding hydrogens is 612 g/mol. The Morgan fingerprint density at radius 1 is 0.694 bits per heavy atom. The average molecular weight is 685 g/mol. The first-order valence-electron chi connectivity index (χ1n) is 18.7. The zero-order chi connectivity index (χ0) is 38.1. The van der Waals surface area contributed by atoms with E-state index in [1.54, 1.807) is 0 Å². The van der Waals surface area contributed by atoms with Gasteiger partial charge in [0, 0.05) is 27.6 Å². The summed E-state index contributed by atoms with van der Waals surface area (Å²) in [6.07, 6.45) is 4.40. The summed E-state index contributed by atoms with van der Waals surface area (Å²) in [6.45, 7) is 32.1. The van der Waals surface area contributed by atoms with Gasteiger partial charge in [-0.05, 0) is 141 Å². The number of likely N-dealkylation sites (tertiary alicyclic amines) is 2. The van der Waals surface area contributed by atoms with Crippen LogP contribution >= 0.6 is 0 Å². The van der Waals surface area contributed by atoms with Crippen LogP contribution in [0.5, 0.6) is 5.75 Å². The standard InChI is InChI=1S/C42H72N2O5/c1-18-19-20-41(33(46)47,34(48)49)42(35(2,3)4,36(5,6)7)29-21-30(27-23-37(8,9)43(16)38(10,11)24-27)32(45)31(22-29)28-25-39(12,13)44(17)40(14,15)26-28/h21-22,27-28,45H,18-20,23-26H2,1-17H3,(H,46,47)(H,48,49). The van der Waals surface area contributed by atoms with Gasteiger partial charge >= 0.3 is 11.9 Å². The molecule has 280 valence electrons. The van der Waals surface area contributed by atoms with E-state index in [1.165, 1.54) is 0 Å². The molecule has 7 heteroatoms. The second-order valence-corrected chi connectivity index (χ2v) is 20.5. The SMILES string of the molecule is CCCCC(C(=O)O)(C(=O)O)C(c1cc(C2CC(C)(C)N(C)C(C)(C)C2)c(O)c(C2CC(C)(C)N(C)C(C)(C)C2)c1)(C(C)(C)C)C(C)(C)C. The molecule has 0 amide bonds. The van der Waals surface area contributed by atoms with E-state index in [2.05, 4.69) is 91.4 Å². The van der Waals surface area contributed by atoms with Crippen molar-refractivity contribution in [1.82, 2.24) is 9.80 Å². The Balaban J connectivity index is 2.64. The second-order valence-electron chi connectivity index (χ2n) is 20.5. The molecule has 0 aliphatic carbocycles. The lowest BCUT2D eigenvalue weighted by Gasteiger charge is -2.61. The summed E-state index contributed by atoms with van der Waals surface area (Å²) in [5.74, 6) is -2.31. The molecule has 2 saturated heterocycles. The van der Waals surface area contributed by atoms with E-state index < -0.39 is 33.6 Å². The highest BCUT2D eigenvalue weighted by atomic mass is 16.4. The topological polar surface area (TPSA) is 101 Å². The van der Waals surface area contributed by atoms with Crippen molar-refractivity contribution in [2.45, 2.75) is 188 Å². The minimum atomic E-state index is -2.12. The van der Waals surface area contributed by atoms with Crippen LogP contribution in [-0.2, 0) is 15.0 Å². The van der Waals surface area contributed by atoms with Gasteiger partial charge in [0.1, 0.15) is 5.75 Å². The van der Waals surface area contributed by atoms with Crippen LogP contribution in [0.4, 0.5) is 0 Å². The fourth-order valence-corrected chi connectivity index (χ4v) is 11.5. The van der Waals surface area contributed by atoms with E-state index in [4.69, 9.17) is 0 Å². The van der Waals surface area contributed by atoms with Crippen LogP contribution in [0.1, 0.15) is 177 Å². The van der Waals surface area contributed by atoms with Crippen molar-refractivity contribution >= 4 is 11.9 Å². The summed E-state index contributed by atoms with van der Waals surface area (Å²) >= 11 is 0. The van der Waals surface area contributed by atoms with Crippen molar-refractivity contribution < 1.29 is 24.9 Å². The molecule has 0 atom stereocenters. The lowest BCUT2D eigenvalue weighted by molar-refractivity contribution is -0.187. The fraction of sp³-hybridized carbons (Fsp3) is 0.810. The van der Waals surface area contributed by atoms with Crippen LogP contribution in [0.2, 0.25) is 0 Å². The van der Waals surface area contributed by atoms with E-state index >= 15 is 0 Å². The van der Waals surface area contributed by atoms with Crippen molar-refractivity contribution in [2.75, 3.05) is 14.1 Å². The quantitative estimate of drug-likeness (QED) is 0.223. The first kappa shape index (κ1) is 41.3. The van der Waals surface area contributed by atoms with Gasteiger partial charge in [0.05, 0.1) is 0 Å². The molecule has 0 saturated carbocycles. The van der Waals surface area contributed by atoms with Gasteiger partial charge in [-0.25, -0.2) is 0 Å². The molecule has 0 spiro atoms. The Kier molecular flexibility index (Phi) is 10.8. The lowest BCUT2D eigenvalue weighted by atomic mass is 9.39. The minimum absolute atomic E-state index is 0.00970. The Bertz CT molecular complexity index is 1280. The van der Waals surface area contributed by atoms with Gasteiger partial charge in [0.25, 0.3) is 0 Å². The van der Waals surface area contributed by atoms with Gasteiger partial charge in [0.15, 0.2) is 5.41 Å². The summed E-state index contributed by atoms with van der Waals surface area (Å²) in [6, 6.07) is 4.10. The number of phenolic OH excluding ortho intramolecular Hbond substituents is 1. The number of hydrogen-bond acceptors (Lipinski definition) is 5. The van der Waals surface area contributed by atoms with Crippen LogP contribution in [0.25, 0.3) is 0 Å². The monoisotopic (exact) mass is 685 g/mol. The highest BCUT2D eigenvalue weighted by molar-refractivity contribution is 6.01. The number of aliphatic carboxylic acids is 2. The van der Waals surface area contributed by atoms with E-state index in [9.17, 15) is 24.9 Å². The molecule has 49 heavy (non-hydrogen) atoms. The van der Waals surface area contributed by atoms with Crippen molar-refractivity contribution in [2.24, 2.45) is 16.2 Å². The summed E-state index contributed by atoms with van der Waals surface area (Å²) in [5.41, 5.74) is -3.38. The maximum Gasteiger partial charge on any atom is 0.322 e. The number of rotatable bonds is 9. The Labute approximate surface area is 299 Å². The largest absolute Gasteiger partial charge is 0.507 e. The molecule has 3 N–H and O–H groups in total. The molecule has 0 aromatic heterocycles. The predicted molar refractivity (Wildman–Crippen MR) is 202 cm³/mol. The maximum atomic E-state index is 13.9. The molecule has 7 nitrogen and oxygen atoms in total. The zero-order valence-electron chi connectivity index (χ0n) is 34.3. The number of hydrogen-bond donors (Lipinski definition) is 3. The number of phenols is 1. The highest BCUT2D eigenvalue weighted by Crippen LogP contribution is 2.66. The third kappa shape index (κ3) is 6.58. The lowest BCUT2D eigenvalue weighted by Crippen LogP contribution is -2.67. The second kappa shape index (κ2) is 12.8. The molecule has 2 aliphatic rings. The van der Waals surface area contributed by atoms with Crippen molar-refractivity contribution in [3.63, 3.8) is 0 Å². The van der Waals surface area contributed by atoms with Crippen LogP contribution in [0, 0.1) is 16.2 Å². The number of benzene rings is 1. The molecule has 2 aliphatic heterocycles. The van der Waals surface area contributed by atoms with Crippen molar-refractivity contribution in [3.8, 4) is 5.75 Å². The summed E-state index contributed by atoms with van der Waals surface area (Å²) in [5, 5.41) is 35.3. The van der Waals surface area contributed by atoms with E-state index in [-0.39, 0.29) is 40.4 Å². The number of carbonyl (C=O) groups is 2. The normalized spacial score (nSPS) is 22.6. The Morgan fingerprint density at radius 2 is 1.00 bits per heavy atom. The van der Waals surface area contributed by atoms with E-state index in [0.29, 0.717) is 18.6 Å². The van der Waals surface area contributed by atoms with Crippen molar-refractivity contribution in [1.29, 1.82) is 0 Å². The van der Waals surface area contributed by atoms with Gasteiger partial charge in [-0.1, -0.05) is 73.4 Å². The molecular formula is C42H72N2O5. The maximum absolute atomic E-state index is 13.9. The predicted octanol–water partition coefficient (Wildman–Crippen LogP) is 9.80. The number of nitrogens with zero attached hydrogens (tertiary/aromatic N) is 2.